The molecule has 1 rings (SSSR count). The molecule has 68 heavy (non-hydrogen) atoms. The number of carboxylic acid groups (broad SMARTS) is 1. The number of rotatable bonds is 32. The summed E-state index contributed by atoms with van der Waals surface area (Å²) in [5, 5.41) is 45.8. The van der Waals surface area contributed by atoms with Gasteiger partial charge in [-0.25, -0.2) is 0 Å². The smallest absolute Gasteiger partial charge is 0.322 e. The van der Waals surface area contributed by atoms with Gasteiger partial charge in [0.2, 0.25) is 48.7 Å². The molecule has 1 unspecified atom stereocenters. The summed E-state index contributed by atoms with van der Waals surface area (Å²) in [5.41, 5.74) is 22.7. The average Bonchev–Trinajstić information content (AvgIpc) is 3.26. The minimum absolute atomic E-state index is 0.0121. The van der Waals surface area contributed by atoms with Crippen LogP contribution in [-0.2, 0) is 49.3 Å². The van der Waals surface area contributed by atoms with Gasteiger partial charge in [-0.15, -0.1) is 0 Å². The molecule has 8 atom stereocenters. The van der Waals surface area contributed by atoms with Crippen molar-refractivity contribution < 1.29 is 63.1 Å². The third kappa shape index (κ3) is 23.7. The third-order valence-corrected chi connectivity index (χ3v) is 12.0. The predicted octanol–water partition coefficient (Wildman–Crippen LogP) is -3.26. The summed E-state index contributed by atoms with van der Waals surface area (Å²) in [4.78, 5) is 119. The van der Waals surface area contributed by atoms with E-state index in [9.17, 15) is 58.0 Å². The summed E-state index contributed by atoms with van der Waals surface area (Å²) in [6, 6.07) is -1.98. The summed E-state index contributed by atoms with van der Waals surface area (Å²) < 4.78 is 13.8. The Balaban J connectivity index is 3.26. The second-order valence-electron chi connectivity index (χ2n) is 17.2. The molecule has 7 amide bonds. The Morgan fingerprint density at radius 3 is 1.81 bits per heavy atom. The lowest BCUT2D eigenvalue weighted by Crippen LogP contribution is -2.58. The molecule has 0 aliphatic rings. The van der Waals surface area contributed by atoms with E-state index in [0.29, 0.717) is 18.4 Å². The molecule has 0 heterocycles. The van der Waals surface area contributed by atoms with Crippen LogP contribution in [0.2, 0.25) is 0 Å². The molecule has 19 N–H and O–H groups in total. The van der Waals surface area contributed by atoms with Gasteiger partial charge in [0, 0.05) is 25.0 Å². The van der Waals surface area contributed by atoms with Crippen LogP contribution in [0.1, 0.15) is 78.7 Å². The molecule has 26 heteroatoms. The van der Waals surface area contributed by atoms with Gasteiger partial charge in [-0.1, -0.05) is 39.8 Å². The van der Waals surface area contributed by atoms with Crippen molar-refractivity contribution in [2.75, 3.05) is 38.7 Å². The number of phenols is 1. The summed E-state index contributed by atoms with van der Waals surface area (Å²) in [5.74, 6) is -9.13. The Kier molecular flexibility index (Phi) is 27.0. The van der Waals surface area contributed by atoms with E-state index in [1.165, 1.54) is 31.2 Å². The van der Waals surface area contributed by atoms with E-state index < -0.39 is 122 Å². The van der Waals surface area contributed by atoms with Crippen LogP contribution in [0.4, 0.5) is 0 Å². The number of aliphatic hydroxyl groups excluding tert-OH is 1. The maximum Gasteiger partial charge on any atom is 0.322 e. The number of nitrogens with two attached hydrogens (primary N) is 4. The van der Waals surface area contributed by atoms with Gasteiger partial charge in [-0.3, -0.25) is 47.9 Å². The van der Waals surface area contributed by atoms with Crippen LogP contribution in [-0.4, -0.2) is 148 Å². The molecule has 0 bridgehead atoms. The molecule has 0 spiro atoms. The predicted molar refractivity (Wildman–Crippen MR) is 251 cm³/mol. The molecular formula is C42H73N12O13P. The van der Waals surface area contributed by atoms with Crippen LogP contribution in [0.15, 0.2) is 29.3 Å². The number of aliphatic hydroxyl groups is 1. The van der Waals surface area contributed by atoms with Crippen molar-refractivity contribution in [1.82, 2.24) is 37.2 Å². The van der Waals surface area contributed by atoms with Crippen molar-refractivity contribution in [2.24, 2.45) is 45.7 Å². The topological polar surface area (TPSA) is 435 Å². The number of carbonyl (C=O) groups is 8. The molecule has 384 valence electrons. The normalized spacial score (nSPS) is 15.2. The number of aliphatic imine (C=N–C) groups is 1. The number of aliphatic carboxylic acids is 1. The molecule has 1 aromatic carbocycles. The van der Waals surface area contributed by atoms with Crippen molar-refractivity contribution in [3.63, 3.8) is 0 Å². The molecule has 0 radical (unpaired) electrons. The number of hydrogen-bond acceptors (Lipinski definition) is 14. The van der Waals surface area contributed by atoms with Crippen LogP contribution in [0.3, 0.4) is 0 Å². The molecule has 25 nitrogen and oxygen atoms in total. The van der Waals surface area contributed by atoms with E-state index in [1.807, 2.05) is 0 Å². The summed E-state index contributed by atoms with van der Waals surface area (Å²) in [6.45, 7) is 6.92. The number of amides is 7. The Bertz CT molecular complexity index is 1920. The lowest BCUT2D eigenvalue weighted by atomic mass is 9.97. The van der Waals surface area contributed by atoms with Crippen molar-refractivity contribution in [2.45, 2.75) is 116 Å². The quantitative estimate of drug-likeness (QED) is 0.0146. The Morgan fingerprint density at radius 2 is 1.25 bits per heavy atom. The van der Waals surface area contributed by atoms with Crippen molar-refractivity contribution in [3.05, 3.63) is 29.8 Å². The molecular weight excluding hydrogens is 912 g/mol. The van der Waals surface area contributed by atoms with E-state index in [4.69, 9.17) is 28.0 Å². The van der Waals surface area contributed by atoms with E-state index in [1.54, 1.807) is 27.7 Å². The first-order valence-corrected chi connectivity index (χ1v) is 24.3. The Labute approximate surface area is 396 Å². The molecule has 0 aliphatic heterocycles. The fraction of sp³-hybridized carbons (Fsp3) is 0.643. The number of aromatic hydroxyl groups is 1. The lowest BCUT2D eigenvalue weighted by Gasteiger charge is -2.27. The minimum Gasteiger partial charge on any atom is -0.508 e. The third-order valence-electron chi connectivity index (χ3n) is 10.3. The van der Waals surface area contributed by atoms with Crippen LogP contribution in [0, 0.1) is 17.8 Å². The van der Waals surface area contributed by atoms with Crippen molar-refractivity contribution in [1.29, 1.82) is 0 Å². The number of unbranched alkanes of at least 4 members (excludes halogenated alkanes) is 1. The van der Waals surface area contributed by atoms with Crippen molar-refractivity contribution in [3.8, 4) is 5.75 Å². The standard InChI is InChI=1S/C42H73N12O13P/c1-23(2)17-27(21-68(66,67)22-49-38(62)31(18-26-11-13-28(56)14-12-26)53-35(59)25(5)50-41(65)34(44)24(3)4)36(60)51-30(9-6-7-15-43)39(63)54-32(20-55)40(64)52-29(10-8-16-47-42(45)46)37(61)48-19-33(57)58/h11-14,23-25,27,29-32,34,55-56H,6-10,15-22,43-44H2,1-5H3,(H,48,61)(H,49,62)(H,50,65)(H,51,60)(H,52,64)(H,53,59)(H,54,63)(H,57,58)(H,66,67)(H4,45,46,47)/t25-,27+,29-,30-,31-,32-,34-/m0/s1. The summed E-state index contributed by atoms with van der Waals surface area (Å²) in [7, 11) is -4.41. The number of hydrogen-bond donors (Lipinski definition) is 15. The maximum absolute atomic E-state index is 13.9. The van der Waals surface area contributed by atoms with E-state index in [-0.39, 0.29) is 68.7 Å². The van der Waals surface area contributed by atoms with Gasteiger partial charge in [-0.05, 0) is 81.5 Å². The second-order valence-corrected chi connectivity index (χ2v) is 19.6. The largest absolute Gasteiger partial charge is 0.508 e. The SMILES string of the molecule is CC(C)C[C@H](CP(=O)(O)CNC(=O)[C@H](Cc1ccc(O)cc1)NC(=O)[C@H](C)NC(=O)[C@@H](N)C(C)C)C(=O)N[C@@H](CCCCN)C(=O)N[C@@H](CO)C(=O)N[C@@H](CCCN=C(N)N)C(=O)NCC(=O)O. The number of guanidine groups is 1. The van der Waals surface area contributed by atoms with Crippen molar-refractivity contribution >= 4 is 60.6 Å². The maximum atomic E-state index is 13.9. The zero-order valence-electron chi connectivity index (χ0n) is 39.4. The first kappa shape index (κ1) is 60.1. The Hall–Kier alpha value is -5.88. The van der Waals surface area contributed by atoms with Crippen LogP contribution in [0.5, 0.6) is 5.75 Å². The highest BCUT2D eigenvalue weighted by molar-refractivity contribution is 7.58. The minimum atomic E-state index is -4.41. The fourth-order valence-corrected chi connectivity index (χ4v) is 8.00. The highest BCUT2D eigenvalue weighted by Gasteiger charge is 2.35. The number of nitrogens with one attached hydrogen (secondary N) is 7. The first-order valence-electron chi connectivity index (χ1n) is 22.3. The number of benzene rings is 1. The summed E-state index contributed by atoms with van der Waals surface area (Å²) in [6.07, 6.45) is -0.747. The van der Waals surface area contributed by atoms with Gasteiger partial charge in [0.25, 0.3) is 0 Å². The molecule has 0 saturated carbocycles. The van der Waals surface area contributed by atoms with Gasteiger partial charge in [0.1, 0.15) is 42.5 Å². The molecule has 0 saturated heterocycles. The lowest BCUT2D eigenvalue weighted by molar-refractivity contribution is -0.138. The second kappa shape index (κ2) is 30.5. The fourth-order valence-electron chi connectivity index (χ4n) is 6.47. The van der Waals surface area contributed by atoms with Gasteiger partial charge in [0.15, 0.2) is 5.96 Å². The molecule has 0 aromatic heterocycles. The number of nitrogens with zero attached hydrogens (tertiary/aromatic N) is 1. The summed E-state index contributed by atoms with van der Waals surface area (Å²) >= 11 is 0. The molecule has 0 aliphatic carbocycles. The van der Waals surface area contributed by atoms with Gasteiger partial charge < -0.3 is 80.4 Å². The van der Waals surface area contributed by atoms with Crippen LogP contribution < -0.4 is 60.2 Å². The Morgan fingerprint density at radius 1 is 0.706 bits per heavy atom. The highest BCUT2D eigenvalue weighted by Crippen LogP contribution is 2.42. The average molecular weight is 985 g/mol. The van der Waals surface area contributed by atoms with E-state index >= 15 is 0 Å². The monoisotopic (exact) mass is 985 g/mol. The van der Waals surface area contributed by atoms with E-state index in [2.05, 4.69) is 42.2 Å². The zero-order valence-corrected chi connectivity index (χ0v) is 40.3. The number of carboxylic acids is 1. The molecule has 1 aromatic rings. The van der Waals surface area contributed by atoms with Gasteiger partial charge in [0.05, 0.1) is 18.9 Å². The van der Waals surface area contributed by atoms with Gasteiger partial charge >= 0.3 is 5.97 Å². The number of phenolic OH excluding ortho intramolecular Hbond substituents is 1. The first-order chi connectivity index (χ1) is 31.8. The van der Waals surface area contributed by atoms with Crippen LogP contribution >= 0.6 is 7.37 Å². The number of carbonyl (C=O) groups excluding carboxylic acids is 7. The molecule has 0 fully saturated rings. The van der Waals surface area contributed by atoms with Gasteiger partial charge in [-0.2, -0.15) is 0 Å². The zero-order chi connectivity index (χ0) is 51.7. The van der Waals surface area contributed by atoms with E-state index in [0.717, 1.165) is 0 Å². The van der Waals surface area contributed by atoms with Crippen LogP contribution in [0.25, 0.3) is 0 Å². The highest BCUT2D eigenvalue weighted by atomic mass is 31.2.